The van der Waals surface area contributed by atoms with Gasteiger partial charge in [0.2, 0.25) is 0 Å². The number of rotatable bonds is 2. The fraction of sp³-hybridized carbons (Fsp3) is 0.727. The SMILES string of the molecule is CCC(C)N=C1C=CC(C)CC1. The van der Waals surface area contributed by atoms with Crippen molar-refractivity contribution in [2.45, 2.75) is 46.1 Å². The van der Waals surface area contributed by atoms with E-state index in [1.807, 2.05) is 0 Å². The first-order chi connectivity index (χ1) is 5.72. The van der Waals surface area contributed by atoms with Crippen molar-refractivity contribution in [3.63, 3.8) is 0 Å². The normalized spacial score (nSPS) is 29.2. The van der Waals surface area contributed by atoms with Crippen molar-refractivity contribution >= 4 is 5.71 Å². The third kappa shape index (κ3) is 2.80. The van der Waals surface area contributed by atoms with E-state index in [2.05, 4.69) is 37.9 Å². The molecule has 0 N–H and O–H groups in total. The minimum atomic E-state index is 0.498. The van der Waals surface area contributed by atoms with E-state index >= 15 is 0 Å². The lowest BCUT2D eigenvalue weighted by Crippen LogP contribution is -2.08. The molecule has 12 heavy (non-hydrogen) atoms. The molecule has 0 bridgehead atoms. The van der Waals surface area contributed by atoms with Gasteiger partial charge in [-0.15, -0.1) is 0 Å². The van der Waals surface area contributed by atoms with Gasteiger partial charge >= 0.3 is 0 Å². The Balaban J connectivity index is 2.53. The lowest BCUT2D eigenvalue weighted by atomic mass is 9.96. The predicted molar refractivity (Wildman–Crippen MR) is 54.7 cm³/mol. The van der Waals surface area contributed by atoms with Gasteiger partial charge in [0, 0.05) is 11.8 Å². The van der Waals surface area contributed by atoms with E-state index in [4.69, 9.17) is 0 Å². The van der Waals surface area contributed by atoms with E-state index in [0.29, 0.717) is 6.04 Å². The Hall–Kier alpha value is -0.590. The zero-order chi connectivity index (χ0) is 8.97. The van der Waals surface area contributed by atoms with Crippen LogP contribution in [-0.4, -0.2) is 11.8 Å². The molecule has 68 valence electrons. The Morgan fingerprint density at radius 3 is 2.92 bits per heavy atom. The number of hydrogen-bond donors (Lipinski definition) is 0. The third-order valence-electron chi connectivity index (χ3n) is 2.45. The summed E-state index contributed by atoms with van der Waals surface area (Å²) in [6, 6.07) is 0.498. The van der Waals surface area contributed by atoms with Crippen molar-refractivity contribution in [1.29, 1.82) is 0 Å². The molecule has 1 rings (SSSR count). The van der Waals surface area contributed by atoms with Crippen molar-refractivity contribution in [1.82, 2.24) is 0 Å². The highest BCUT2D eigenvalue weighted by atomic mass is 14.8. The van der Waals surface area contributed by atoms with E-state index in [9.17, 15) is 0 Å². The summed E-state index contributed by atoms with van der Waals surface area (Å²) in [5, 5.41) is 0. The summed E-state index contributed by atoms with van der Waals surface area (Å²) in [7, 11) is 0. The maximum absolute atomic E-state index is 4.62. The van der Waals surface area contributed by atoms with Gasteiger partial charge in [-0.05, 0) is 38.2 Å². The lowest BCUT2D eigenvalue weighted by molar-refractivity contribution is 0.650. The third-order valence-corrected chi connectivity index (χ3v) is 2.45. The van der Waals surface area contributed by atoms with Crippen LogP contribution in [0, 0.1) is 5.92 Å². The standard InChI is InChI=1S/C11H19N/c1-4-10(3)12-11-7-5-9(2)6-8-11/h5,7,9-10H,4,6,8H2,1-3H3. The van der Waals surface area contributed by atoms with Crippen LogP contribution in [-0.2, 0) is 0 Å². The van der Waals surface area contributed by atoms with Crippen LogP contribution in [0.3, 0.4) is 0 Å². The van der Waals surface area contributed by atoms with Gasteiger partial charge in [0.25, 0.3) is 0 Å². The maximum atomic E-state index is 4.62. The van der Waals surface area contributed by atoms with Gasteiger partial charge in [-0.1, -0.05) is 19.9 Å². The predicted octanol–water partition coefficient (Wildman–Crippen LogP) is 3.21. The molecule has 0 saturated heterocycles. The van der Waals surface area contributed by atoms with E-state index in [0.717, 1.165) is 12.3 Å². The summed E-state index contributed by atoms with van der Waals surface area (Å²) >= 11 is 0. The van der Waals surface area contributed by atoms with Crippen LogP contribution >= 0.6 is 0 Å². The van der Waals surface area contributed by atoms with E-state index in [-0.39, 0.29) is 0 Å². The summed E-state index contributed by atoms with van der Waals surface area (Å²) in [6.07, 6.45) is 8.05. The first kappa shape index (κ1) is 9.50. The second kappa shape index (κ2) is 4.44. The van der Waals surface area contributed by atoms with Gasteiger partial charge < -0.3 is 0 Å². The lowest BCUT2D eigenvalue weighted by Gasteiger charge is -2.14. The van der Waals surface area contributed by atoms with Crippen molar-refractivity contribution < 1.29 is 0 Å². The molecule has 0 fully saturated rings. The number of nitrogens with zero attached hydrogens (tertiary/aromatic N) is 1. The molecule has 0 saturated carbocycles. The molecule has 0 radical (unpaired) electrons. The Kier molecular flexibility index (Phi) is 3.51. The molecular formula is C11H19N. The Morgan fingerprint density at radius 1 is 1.67 bits per heavy atom. The van der Waals surface area contributed by atoms with Crippen LogP contribution in [0.15, 0.2) is 17.1 Å². The summed E-state index contributed by atoms with van der Waals surface area (Å²) < 4.78 is 0. The van der Waals surface area contributed by atoms with Crippen LogP contribution < -0.4 is 0 Å². The molecule has 0 aromatic rings. The van der Waals surface area contributed by atoms with Gasteiger partial charge in [0.1, 0.15) is 0 Å². The average molecular weight is 165 g/mol. The van der Waals surface area contributed by atoms with Crippen molar-refractivity contribution in [2.24, 2.45) is 10.9 Å². The molecule has 1 nitrogen and oxygen atoms in total. The van der Waals surface area contributed by atoms with Crippen LogP contribution in [0.1, 0.15) is 40.0 Å². The van der Waals surface area contributed by atoms with E-state index in [1.54, 1.807) is 0 Å². The molecule has 0 aliphatic heterocycles. The molecule has 0 aromatic heterocycles. The Labute approximate surface area is 75.6 Å². The molecule has 1 aliphatic carbocycles. The topological polar surface area (TPSA) is 12.4 Å². The Bertz CT molecular complexity index is 191. The van der Waals surface area contributed by atoms with Crippen molar-refractivity contribution in [2.75, 3.05) is 0 Å². The van der Waals surface area contributed by atoms with Crippen LogP contribution in [0.5, 0.6) is 0 Å². The van der Waals surface area contributed by atoms with Crippen LogP contribution in [0.2, 0.25) is 0 Å². The molecule has 1 aliphatic rings. The van der Waals surface area contributed by atoms with Crippen LogP contribution in [0.25, 0.3) is 0 Å². The zero-order valence-electron chi connectivity index (χ0n) is 8.38. The average Bonchev–Trinajstić information content (AvgIpc) is 2.09. The van der Waals surface area contributed by atoms with Crippen molar-refractivity contribution in [3.05, 3.63) is 12.2 Å². The molecule has 0 aromatic carbocycles. The molecule has 1 heteroatoms. The largest absolute Gasteiger partial charge is 0.287 e. The first-order valence-corrected chi connectivity index (χ1v) is 4.97. The van der Waals surface area contributed by atoms with E-state index in [1.165, 1.54) is 18.6 Å². The van der Waals surface area contributed by atoms with Gasteiger partial charge in [0.15, 0.2) is 0 Å². The summed E-state index contributed by atoms with van der Waals surface area (Å²) in [5.41, 5.74) is 1.29. The monoisotopic (exact) mass is 165 g/mol. The second-order valence-electron chi connectivity index (χ2n) is 3.75. The minimum absolute atomic E-state index is 0.498. The number of allylic oxidation sites excluding steroid dienone is 2. The maximum Gasteiger partial charge on any atom is 0.0472 e. The molecule has 2 atom stereocenters. The fourth-order valence-electron chi connectivity index (χ4n) is 1.31. The second-order valence-corrected chi connectivity index (χ2v) is 3.75. The highest BCUT2D eigenvalue weighted by Gasteiger charge is 2.07. The van der Waals surface area contributed by atoms with Gasteiger partial charge in [-0.2, -0.15) is 0 Å². The number of aliphatic imine (C=N–C) groups is 1. The highest BCUT2D eigenvalue weighted by Crippen LogP contribution is 2.15. The number of hydrogen-bond acceptors (Lipinski definition) is 1. The van der Waals surface area contributed by atoms with Crippen LogP contribution in [0.4, 0.5) is 0 Å². The van der Waals surface area contributed by atoms with Crippen molar-refractivity contribution in [3.8, 4) is 0 Å². The smallest absolute Gasteiger partial charge is 0.0472 e. The summed E-state index contributed by atoms with van der Waals surface area (Å²) in [5.74, 6) is 0.751. The van der Waals surface area contributed by atoms with E-state index < -0.39 is 0 Å². The molecule has 0 amide bonds. The quantitative estimate of drug-likeness (QED) is 0.595. The summed E-state index contributed by atoms with van der Waals surface area (Å²) in [6.45, 7) is 6.62. The minimum Gasteiger partial charge on any atom is -0.287 e. The van der Waals surface area contributed by atoms with Gasteiger partial charge in [-0.25, -0.2) is 0 Å². The van der Waals surface area contributed by atoms with Gasteiger partial charge in [0.05, 0.1) is 0 Å². The zero-order valence-corrected chi connectivity index (χ0v) is 8.38. The van der Waals surface area contributed by atoms with Gasteiger partial charge in [-0.3, -0.25) is 4.99 Å². The molecule has 2 unspecified atom stereocenters. The molecule has 0 spiro atoms. The summed E-state index contributed by atoms with van der Waals surface area (Å²) in [4.78, 5) is 4.62. The molecular weight excluding hydrogens is 146 g/mol. The highest BCUT2D eigenvalue weighted by molar-refractivity contribution is 5.95. The first-order valence-electron chi connectivity index (χ1n) is 4.97. The molecule has 0 heterocycles. The Morgan fingerprint density at radius 2 is 2.42 bits per heavy atom. The fourth-order valence-corrected chi connectivity index (χ4v) is 1.31.